The van der Waals surface area contributed by atoms with Crippen LogP contribution in [0.1, 0.15) is 26.7 Å². The van der Waals surface area contributed by atoms with E-state index in [-0.39, 0.29) is 6.61 Å². The first kappa shape index (κ1) is 12.0. The average Bonchev–Trinajstić information content (AvgIpc) is 2.93. The minimum Gasteiger partial charge on any atom is -0.395 e. The van der Waals surface area contributed by atoms with E-state index >= 15 is 0 Å². The van der Waals surface area contributed by atoms with Crippen molar-refractivity contribution in [2.24, 2.45) is 5.92 Å². The molecule has 1 aliphatic carbocycles. The normalized spacial score (nSPS) is 16.9. The maximum atomic E-state index is 8.88. The predicted octanol–water partition coefficient (Wildman–Crippen LogP) is 1.12. The molecule has 0 atom stereocenters. The largest absolute Gasteiger partial charge is 0.395 e. The molecule has 1 saturated carbocycles. The molecule has 84 valence electrons. The van der Waals surface area contributed by atoms with E-state index in [0.717, 1.165) is 32.3 Å². The van der Waals surface area contributed by atoms with E-state index in [1.54, 1.807) is 0 Å². The van der Waals surface area contributed by atoms with E-state index in [0.29, 0.717) is 5.92 Å². The Morgan fingerprint density at radius 1 is 1.36 bits per heavy atom. The van der Waals surface area contributed by atoms with Crippen molar-refractivity contribution in [3.63, 3.8) is 0 Å². The quantitative estimate of drug-likeness (QED) is 0.597. The molecule has 0 spiro atoms. The molecule has 1 N–H and O–H groups in total. The topological polar surface area (TPSA) is 32.7 Å². The monoisotopic (exact) mass is 201 g/mol. The number of nitrogens with zero attached hydrogens (tertiary/aromatic N) is 1. The maximum absolute atomic E-state index is 8.88. The SMILES string of the molecule is CC(C)COCCN(CCO)C1CC1. The molecular formula is C11H23NO2. The van der Waals surface area contributed by atoms with Gasteiger partial charge in [-0.3, -0.25) is 4.90 Å². The van der Waals surface area contributed by atoms with Crippen LogP contribution in [0.4, 0.5) is 0 Å². The van der Waals surface area contributed by atoms with Gasteiger partial charge < -0.3 is 9.84 Å². The minimum atomic E-state index is 0.265. The highest BCUT2D eigenvalue weighted by Crippen LogP contribution is 2.25. The second-order valence-corrected chi connectivity index (χ2v) is 4.46. The summed E-state index contributed by atoms with van der Waals surface area (Å²) in [4.78, 5) is 2.33. The Hall–Kier alpha value is -0.120. The van der Waals surface area contributed by atoms with Crippen LogP contribution < -0.4 is 0 Å². The van der Waals surface area contributed by atoms with Gasteiger partial charge in [-0.15, -0.1) is 0 Å². The van der Waals surface area contributed by atoms with E-state index in [2.05, 4.69) is 18.7 Å². The Balaban J connectivity index is 2.01. The first-order chi connectivity index (χ1) is 6.74. The third-order valence-electron chi connectivity index (χ3n) is 2.42. The summed E-state index contributed by atoms with van der Waals surface area (Å²) in [5.41, 5.74) is 0. The Morgan fingerprint density at radius 3 is 2.57 bits per heavy atom. The minimum absolute atomic E-state index is 0.265. The van der Waals surface area contributed by atoms with E-state index in [1.165, 1.54) is 12.8 Å². The van der Waals surface area contributed by atoms with Crippen molar-refractivity contribution in [1.82, 2.24) is 4.90 Å². The van der Waals surface area contributed by atoms with Gasteiger partial charge in [-0.25, -0.2) is 0 Å². The molecule has 3 nitrogen and oxygen atoms in total. The van der Waals surface area contributed by atoms with Gasteiger partial charge >= 0.3 is 0 Å². The number of aliphatic hydroxyl groups excluding tert-OH is 1. The van der Waals surface area contributed by atoms with Crippen LogP contribution in [-0.2, 0) is 4.74 Å². The summed E-state index contributed by atoms with van der Waals surface area (Å²) in [5.74, 6) is 0.613. The van der Waals surface area contributed by atoms with Crippen molar-refractivity contribution in [3.8, 4) is 0 Å². The lowest BCUT2D eigenvalue weighted by atomic mass is 10.2. The second kappa shape index (κ2) is 6.38. The van der Waals surface area contributed by atoms with Gasteiger partial charge in [0.15, 0.2) is 0 Å². The lowest BCUT2D eigenvalue weighted by Gasteiger charge is -2.20. The van der Waals surface area contributed by atoms with E-state index in [1.807, 2.05) is 0 Å². The van der Waals surface area contributed by atoms with Crippen LogP contribution in [0.5, 0.6) is 0 Å². The molecule has 0 radical (unpaired) electrons. The van der Waals surface area contributed by atoms with Crippen molar-refractivity contribution in [2.45, 2.75) is 32.7 Å². The van der Waals surface area contributed by atoms with Gasteiger partial charge in [0, 0.05) is 25.7 Å². The molecule has 14 heavy (non-hydrogen) atoms. The summed E-state index contributed by atoms with van der Waals surface area (Å²) in [7, 11) is 0. The van der Waals surface area contributed by atoms with Crippen molar-refractivity contribution in [1.29, 1.82) is 0 Å². The molecule has 0 aromatic rings. The highest BCUT2D eigenvalue weighted by molar-refractivity contribution is 4.84. The molecule has 1 aliphatic rings. The molecule has 1 fully saturated rings. The van der Waals surface area contributed by atoms with Crippen LogP contribution in [0.2, 0.25) is 0 Å². The highest BCUT2D eigenvalue weighted by atomic mass is 16.5. The zero-order chi connectivity index (χ0) is 10.4. The Morgan fingerprint density at radius 2 is 2.07 bits per heavy atom. The molecule has 0 aromatic heterocycles. The van der Waals surface area contributed by atoms with E-state index in [9.17, 15) is 0 Å². The summed E-state index contributed by atoms with van der Waals surface area (Å²) >= 11 is 0. The lowest BCUT2D eigenvalue weighted by Crippen LogP contribution is -2.32. The third-order valence-corrected chi connectivity index (χ3v) is 2.42. The fourth-order valence-electron chi connectivity index (χ4n) is 1.55. The number of ether oxygens (including phenoxy) is 1. The summed E-state index contributed by atoms with van der Waals surface area (Å²) < 4.78 is 5.53. The fraction of sp³-hybridized carbons (Fsp3) is 1.00. The molecule has 1 rings (SSSR count). The van der Waals surface area contributed by atoms with Crippen LogP contribution in [0.3, 0.4) is 0 Å². The number of rotatable bonds is 8. The molecular weight excluding hydrogens is 178 g/mol. The van der Waals surface area contributed by atoms with Crippen molar-refractivity contribution >= 4 is 0 Å². The number of aliphatic hydroxyl groups is 1. The highest BCUT2D eigenvalue weighted by Gasteiger charge is 2.27. The van der Waals surface area contributed by atoms with Crippen molar-refractivity contribution < 1.29 is 9.84 Å². The van der Waals surface area contributed by atoms with Gasteiger partial charge in [-0.1, -0.05) is 13.8 Å². The molecule has 0 unspecified atom stereocenters. The van der Waals surface area contributed by atoms with Crippen LogP contribution >= 0.6 is 0 Å². The first-order valence-corrected chi connectivity index (χ1v) is 5.66. The van der Waals surface area contributed by atoms with Crippen molar-refractivity contribution in [3.05, 3.63) is 0 Å². The standard InChI is InChI=1S/C11H23NO2/c1-10(2)9-14-8-6-12(5-7-13)11-3-4-11/h10-11,13H,3-9H2,1-2H3. The maximum Gasteiger partial charge on any atom is 0.0593 e. The van der Waals surface area contributed by atoms with Gasteiger partial charge in [0.1, 0.15) is 0 Å². The first-order valence-electron chi connectivity index (χ1n) is 5.66. The molecule has 0 bridgehead atoms. The molecule has 0 aliphatic heterocycles. The zero-order valence-corrected chi connectivity index (χ0v) is 9.41. The molecule has 0 amide bonds. The average molecular weight is 201 g/mol. The Bertz CT molecular complexity index is 146. The lowest BCUT2D eigenvalue weighted by molar-refractivity contribution is 0.0772. The van der Waals surface area contributed by atoms with E-state index < -0.39 is 0 Å². The van der Waals surface area contributed by atoms with Gasteiger partial charge in [-0.05, 0) is 18.8 Å². The zero-order valence-electron chi connectivity index (χ0n) is 9.41. The van der Waals surface area contributed by atoms with Gasteiger partial charge in [-0.2, -0.15) is 0 Å². The predicted molar refractivity (Wildman–Crippen MR) is 57.3 cm³/mol. The second-order valence-electron chi connectivity index (χ2n) is 4.46. The molecule has 0 aromatic carbocycles. The summed E-state index contributed by atoms with van der Waals surface area (Å²) in [5, 5.41) is 8.88. The third kappa shape index (κ3) is 4.94. The van der Waals surface area contributed by atoms with Crippen molar-refractivity contribution in [2.75, 3.05) is 32.9 Å². The Labute approximate surface area is 87.1 Å². The summed E-state index contributed by atoms with van der Waals surface area (Å²) in [6.07, 6.45) is 2.59. The van der Waals surface area contributed by atoms with Gasteiger partial charge in [0.25, 0.3) is 0 Å². The smallest absolute Gasteiger partial charge is 0.0593 e. The summed E-state index contributed by atoms with van der Waals surface area (Å²) in [6.45, 7) is 8.00. The van der Waals surface area contributed by atoms with E-state index in [4.69, 9.17) is 9.84 Å². The fourth-order valence-corrected chi connectivity index (χ4v) is 1.55. The number of hydrogen-bond acceptors (Lipinski definition) is 3. The molecule has 0 heterocycles. The van der Waals surface area contributed by atoms with Crippen LogP contribution in [-0.4, -0.2) is 49.0 Å². The molecule has 0 saturated heterocycles. The summed E-state index contributed by atoms with van der Waals surface area (Å²) in [6, 6.07) is 0.727. The molecule has 3 heteroatoms. The van der Waals surface area contributed by atoms with Crippen LogP contribution in [0, 0.1) is 5.92 Å². The van der Waals surface area contributed by atoms with Gasteiger partial charge in [0.2, 0.25) is 0 Å². The van der Waals surface area contributed by atoms with Crippen LogP contribution in [0.25, 0.3) is 0 Å². The number of hydrogen-bond donors (Lipinski definition) is 1. The van der Waals surface area contributed by atoms with Gasteiger partial charge in [0.05, 0.1) is 13.2 Å². The van der Waals surface area contributed by atoms with Crippen LogP contribution in [0.15, 0.2) is 0 Å². The Kier molecular flexibility index (Phi) is 5.45.